The first-order valence-electron chi connectivity index (χ1n) is 7.08. The quantitative estimate of drug-likeness (QED) is 0.607. The number of methoxy groups -OCH3 is 1. The van der Waals surface area contributed by atoms with Gasteiger partial charge >= 0.3 is 0 Å². The van der Waals surface area contributed by atoms with Crippen molar-refractivity contribution in [1.82, 2.24) is 5.43 Å². The molecule has 0 aliphatic heterocycles. The number of benzene rings is 2. The molecule has 0 spiro atoms. The van der Waals surface area contributed by atoms with E-state index in [0.717, 1.165) is 23.5 Å². The van der Waals surface area contributed by atoms with E-state index in [9.17, 15) is 0 Å². The van der Waals surface area contributed by atoms with Crippen molar-refractivity contribution in [1.29, 1.82) is 0 Å². The molecule has 2 aromatic rings. The molecule has 4 nitrogen and oxygen atoms in total. The minimum atomic E-state index is 0.0255. The van der Waals surface area contributed by atoms with Crippen LogP contribution < -0.4 is 20.7 Å². The summed E-state index contributed by atoms with van der Waals surface area (Å²) in [4.78, 5) is 0. The van der Waals surface area contributed by atoms with Gasteiger partial charge in [-0.3, -0.25) is 11.3 Å². The van der Waals surface area contributed by atoms with E-state index in [4.69, 9.17) is 15.3 Å². The van der Waals surface area contributed by atoms with E-state index in [0.29, 0.717) is 6.61 Å². The maximum atomic E-state index is 5.73. The molecular weight excluding hydrogens is 264 g/mol. The number of nitrogens with one attached hydrogen (secondary N) is 1. The standard InChI is InChI=1S/C17H22N2O2/c1-3-21-16-9-5-7-14(12-16)17(19-18)11-13-6-4-8-15(10-13)20-2/h4-10,12,17,19H,3,11,18H2,1-2H3. The van der Waals surface area contributed by atoms with Crippen LogP contribution in [0, 0.1) is 0 Å². The first kappa shape index (κ1) is 15.4. The molecule has 2 aromatic carbocycles. The van der Waals surface area contributed by atoms with Crippen LogP contribution in [0.1, 0.15) is 24.1 Å². The second-order valence-corrected chi connectivity index (χ2v) is 4.78. The number of hydrazine groups is 1. The molecule has 3 N–H and O–H groups in total. The van der Waals surface area contributed by atoms with Crippen LogP contribution in [0.25, 0.3) is 0 Å². The van der Waals surface area contributed by atoms with Crippen LogP contribution in [-0.4, -0.2) is 13.7 Å². The van der Waals surface area contributed by atoms with Crippen LogP contribution >= 0.6 is 0 Å². The van der Waals surface area contributed by atoms with Gasteiger partial charge in [0.15, 0.2) is 0 Å². The molecule has 1 atom stereocenters. The Morgan fingerprint density at radius 2 is 1.86 bits per heavy atom. The van der Waals surface area contributed by atoms with Gasteiger partial charge in [-0.05, 0) is 48.7 Å². The average molecular weight is 286 g/mol. The SMILES string of the molecule is CCOc1cccc(C(Cc2cccc(OC)c2)NN)c1. The van der Waals surface area contributed by atoms with Crippen molar-refractivity contribution in [3.05, 3.63) is 59.7 Å². The predicted molar refractivity (Wildman–Crippen MR) is 84.4 cm³/mol. The lowest BCUT2D eigenvalue weighted by Crippen LogP contribution is -2.29. The fourth-order valence-electron chi connectivity index (χ4n) is 2.30. The van der Waals surface area contributed by atoms with Crippen LogP contribution in [0.15, 0.2) is 48.5 Å². The van der Waals surface area contributed by atoms with Gasteiger partial charge < -0.3 is 9.47 Å². The van der Waals surface area contributed by atoms with Crippen molar-refractivity contribution in [2.75, 3.05) is 13.7 Å². The van der Waals surface area contributed by atoms with Crippen LogP contribution in [0.4, 0.5) is 0 Å². The molecule has 0 bridgehead atoms. The Kier molecular flexibility index (Phi) is 5.60. The molecule has 0 aliphatic rings. The lowest BCUT2D eigenvalue weighted by Gasteiger charge is -2.18. The Morgan fingerprint density at radius 3 is 2.57 bits per heavy atom. The van der Waals surface area contributed by atoms with E-state index in [1.165, 1.54) is 5.56 Å². The average Bonchev–Trinajstić information content (AvgIpc) is 2.53. The molecule has 0 aliphatic carbocycles. The lowest BCUT2D eigenvalue weighted by molar-refractivity contribution is 0.339. The normalized spacial score (nSPS) is 12.0. The molecule has 21 heavy (non-hydrogen) atoms. The highest BCUT2D eigenvalue weighted by atomic mass is 16.5. The second-order valence-electron chi connectivity index (χ2n) is 4.78. The van der Waals surface area contributed by atoms with Gasteiger partial charge in [0.05, 0.1) is 19.8 Å². The summed E-state index contributed by atoms with van der Waals surface area (Å²) < 4.78 is 10.8. The number of hydrogen-bond donors (Lipinski definition) is 2. The zero-order valence-electron chi connectivity index (χ0n) is 12.5. The van der Waals surface area contributed by atoms with E-state index in [-0.39, 0.29) is 6.04 Å². The summed E-state index contributed by atoms with van der Waals surface area (Å²) in [6, 6.07) is 16.0. The summed E-state index contributed by atoms with van der Waals surface area (Å²) >= 11 is 0. The third kappa shape index (κ3) is 4.21. The van der Waals surface area contributed by atoms with E-state index in [2.05, 4.69) is 11.5 Å². The zero-order valence-corrected chi connectivity index (χ0v) is 12.5. The highest BCUT2D eigenvalue weighted by Crippen LogP contribution is 2.23. The van der Waals surface area contributed by atoms with Gasteiger partial charge in [0.1, 0.15) is 11.5 Å². The molecule has 0 aromatic heterocycles. The molecule has 0 saturated heterocycles. The van der Waals surface area contributed by atoms with E-state index in [1.54, 1.807) is 7.11 Å². The van der Waals surface area contributed by atoms with Gasteiger partial charge in [0.25, 0.3) is 0 Å². The summed E-state index contributed by atoms with van der Waals surface area (Å²) in [5.74, 6) is 7.44. The molecule has 0 fully saturated rings. The highest BCUT2D eigenvalue weighted by molar-refractivity contribution is 5.33. The molecule has 0 heterocycles. The van der Waals surface area contributed by atoms with Crippen LogP contribution in [0.3, 0.4) is 0 Å². The first-order valence-corrected chi connectivity index (χ1v) is 7.08. The minimum absolute atomic E-state index is 0.0255. The van der Waals surface area contributed by atoms with E-state index >= 15 is 0 Å². The first-order chi connectivity index (χ1) is 10.3. The van der Waals surface area contributed by atoms with Crippen LogP contribution in [0.2, 0.25) is 0 Å². The molecule has 0 radical (unpaired) electrons. The third-order valence-corrected chi connectivity index (χ3v) is 3.35. The highest BCUT2D eigenvalue weighted by Gasteiger charge is 2.12. The van der Waals surface area contributed by atoms with Gasteiger partial charge in [0.2, 0.25) is 0 Å². The second kappa shape index (κ2) is 7.67. The molecule has 0 saturated carbocycles. The maximum absolute atomic E-state index is 5.73. The van der Waals surface area contributed by atoms with Crippen molar-refractivity contribution in [2.45, 2.75) is 19.4 Å². The number of ether oxygens (including phenoxy) is 2. The van der Waals surface area contributed by atoms with E-state index < -0.39 is 0 Å². The predicted octanol–water partition coefficient (Wildman–Crippen LogP) is 2.84. The number of nitrogens with two attached hydrogens (primary N) is 1. The molecule has 1 unspecified atom stereocenters. The summed E-state index contributed by atoms with van der Waals surface area (Å²) in [5.41, 5.74) is 5.15. The lowest BCUT2D eigenvalue weighted by atomic mass is 9.99. The van der Waals surface area contributed by atoms with Crippen LogP contribution in [0.5, 0.6) is 11.5 Å². The maximum Gasteiger partial charge on any atom is 0.119 e. The molecule has 0 amide bonds. The van der Waals surface area contributed by atoms with Crippen LogP contribution in [-0.2, 0) is 6.42 Å². The summed E-state index contributed by atoms with van der Waals surface area (Å²) in [6.45, 7) is 2.63. The molecule has 2 rings (SSSR count). The van der Waals surface area contributed by atoms with Crippen molar-refractivity contribution in [2.24, 2.45) is 5.84 Å². The van der Waals surface area contributed by atoms with E-state index in [1.807, 2.05) is 49.4 Å². The summed E-state index contributed by atoms with van der Waals surface area (Å²) in [7, 11) is 1.67. The summed E-state index contributed by atoms with van der Waals surface area (Å²) in [5, 5.41) is 0. The Bertz CT molecular complexity index is 572. The van der Waals surface area contributed by atoms with Gasteiger partial charge in [0, 0.05) is 0 Å². The van der Waals surface area contributed by atoms with Crippen molar-refractivity contribution in [3.63, 3.8) is 0 Å². The van der Waals surface area contributed by atoms with Gasteiger partial charge in [-0.25, -0.2) is 0 Å². The Labute approximate surface area is 125 Å². The molecule has 4 heteroatoms. The topological polar surface area (TPSA) is 56.5 Å². The third-order valence-electron chi connectivity index (χ3n) is 3.35. The Hall–Kier alpha value is -2.04. The number of rotatable bonds is 7. The fourth-order valence-corrected chi connectivity index (χ4v) is 2.30. The summed E-state index contributed by atoms with van der Waals surface area (Å²) in [6.07, 6.45) is 0.781. The largest absolute Gasteiger partial charge is 0.497 e. The Morgan fingerprint density at radius 1 is 1.10 bits per heavy atom. The van der Waals surface area contributed by atoms with Crippen molar-refractivity contribution in [3.8, 4) is 11.5 Å². The fraction of sp³-hybridized carbons (Fsp3) is 0.294. The van der Waals surface area contributed by atoms with Crippen molar-refractivity contribution < 1.29 is 9.47 Å². The monoisotopic (exact) mass is 286 g/mol. The minimum Gasteiger partial charge on any atom is -0.497 e. The zero-order chi connectivity index (χ0) is 15.1. The smallest absolute Gasteiger partial charge is 0.119 e. The van der Waals surface area contributed by atoms with Gasteiger partial charge in [-0.15, -0.1) is 0 Å². The van der Waals surface area contributed by atoms with Crippen molar-refractivity contribution >= 4 is 0 Å². The molecule has 112 valence electrons. The molecular formula is C17H22N2O2. The van der Waals surface area contributed by atoms with Gasteiger partial charge in [-0.2, -0.15) is 0 Å². The number of hydrogen-bond acceptors (Lipinski definition) is 4. The van der Waals surface area contributed by atoms with Gasteiger partial charge in [-0.1, -0.05) is 24.3 Å². The Balaban J connectivity index is 2.17.